The highest BCUT2D eigenvalue weighted by Gasteiger charge is 2.42. The van der Waals surface area contributed by atoms with Gasteiger partial charge in [0.05, 0.1) is 11.9 Å². The van der Waals surface area contributed by atoms with Gasteiger partial charge in [-0.1, -0.05) is 36.4 Å². The summed E-state index contributed by atoms with van der Waals surface area (Å²) >= 11 is 0. The molecular weight excluding hydrogens is 417 g/mol. The molecule has 0 aliphatic carbocycles. The van der Waals surface area contributed by atoms with Gasteiger partial charge in [0.2, 0.25) is 0 Å². The molecule has 3 aromatic rings. The number of benzene rings is 2. The maximum absolute atomic E-state index is 14.3. The van der Waals surface area contributed by atoms with Crippen LogP contribution in [0.4, 0.5) is 4.39 Å². The van der Waals surface area contributed by atoms with Crippen LogP contribution in [0.2, 0.25) is 0 Å². The number of imidazole rings is 1. The van der Waals surface area contributed by atoms with Gasteiger partial charge in [-0.3, -0.25) is 4.79 Å². The Morgan fingerprint density at radius 3 is 2.52 bits per heavy atom. The molecule has 2 aromatic carbocycles. The Morgan fingerprint density at radius 1 is 1.19 bits per heavy atom. The molecule has 0 radical (unpaired) electrons. The lowest BCUT2D eigenvalue weighted by molar-refractivity contribution is 0.0927. The number of nitrogens with zero attached hydrogens (tertiary/aromatic N) is 3. The van der Waals surface area contributed by atoms with Crippen molar-refractivity contribution in [3.63, 3.8) is 0 Å². The molecule has 1 aliphatic rings. The monoisotopic (exact) mass is 441 g/mol. The van der Waals surface area contributed by atoms with Gasteiger partial charge in [-0.05, 0) is 42.0 Å². The maximum atomic E-state index is 14.3. The highest BCUT2D eigenvalue weighted by Crippen LogP contribution is 2.38. The summed E-state index contributed by atoms with van der Waals surface area (Å²) in [6, 6.07) is 14.1. The first-order valence-corrected chi connectivity index (χ1v) is 11.5. The van der Waals surface area contributed by atoms with Gasteiger partial charge in [-0.25, -0.2) is 17.8 Å². The van der Waals surface area contributed by atoms with Crippen LogP contribution in [-0.4, -0.2) is 41.1 Å². The smallest absolute Gasteiger partial charge is 0.262 e. The number of aromatic nitrogens is 2. The zero-order valence-corrected chi connectivity index (χ0v) is 18.2. The first kappa shape index (κ1) is 21.4. The van der Waals surface area contributed by atoms with Crippen molar-refractivity contribution in [1.29, 1.82) is 0 Å². The van der Waals surface area contributed by atoms with Crippen LogP contribution < -0.4 is 0 Å². The third-order valence-electron chi connectivity index (χ3n) is 5.79. The van der Waals surface area contributed by atoms with Gasteiger partial charge in [0.25, 0.3) is 10.0 Å². The lowest BCUT2D eigenvalue weighted by Crippen LogP contribution is -2.52. The summed E-state index contributed by atoms with van der Waals surface area (Å²) in [7, 11) is -1.95. The number of carbonyl (C=O) groups excluding carboxylic acids is 1. The van der Waals surface area contributed by atoms with E-state index in [0.29, 0.717) is 13.1 Å². The lowest BCUT2D eigenvalue weighted by atomic mass is 9.78. The van der Waals surface area contributed by atoms with Crippen molar-refractivity contribution in [2.24, 2.45) is 13.0 Å². The van der Waals surface area contributed by atoms with Gasteiger partial charge in [0.15, 0.2) is 10.8 Å². The van der Waals surface area contributed by atoms with Crippen LogP contribution in [0.3, 0.4) is 0 Å². The molecule has 162 valence electrons. The third kappa shape index (κ3) is 4.31. The Balaban J connectivity index is 1.54. The molecule has 1 aliphatic heterocycles. The second kappa shape index (κ2) is 8.36. The molecule has 6 nitrogen and oxygen atoms in total. The lowest BCUT2D eigenvalue weighted by Gasteiger charge is -2.42. The number of Topliss-reactive ketones (excluding diaryl/α,β-unsaturated/α-hetero) is 1. The molecule has 2 heterocycles. The van der Waals surface area contributed by atoms with E-state index in [1.54, 1.807) is 24.6 Å². The zero-order valence-electron chi connectivity index (χ0n) is 17.4. The predicted molar refractivity (Wildman–Crippen MR) is 115 cm³/mol. The van der Waals surface area contributed by atoms with E-state index in [4.69, 9.17) is 0 Å². The minimum Gasteiger partial charge on any atom is -0.339 e. The first-order chi connectivity index (χ1) is 14.8. The van der Waals surface area contributed by atoms with Crippen molar-refractivity contribution in [2.45, 2.75) is 24.3 Å². The minimum atomic E-state index is -3.67. The molecule has 1 unspecified atom stereocenters. The Hall–Kier alpha value is -2.84. The Labute approximate surface area is 181 Å². The highest BCUT2D eigenvalue weighted by molar-refractivity contribution is 7.89. The van der Waals surface area contributed by atoms with E-state index >= 15 is 0 Å². The van der Waals surface area contributed by atoms with E-state index < -0.39 is 15.8 Å². The molecule has 0 saturated carbocycles. The van der Waals surface area contributed by atoms with Gasteiger partial charge < -0.3 is 4.57 Å². The molecule has 31 heavy (non-hydrogen) atoms. The van der Waals surface area contributed by atoms with Crippen LogP contribution in [0.25, 0.3) is 0 Å². The molecular formula is C23H24FN3O3S. The minimum absolute atomic E-state index is 0.0162. The number of sulfonamides is 1. The number of ketones is 1. The summed E-state index contributed by atoms with van der Waals surface area (Å²) in [6.45, 7) is 2.36. The van der Waals surface area contributed by atoms with Crippen LogP contribution in [0.15, 0.2) is 66.1 Å². The molecule has 0 amide bonds. The Morgan fingerprint density at radius 2 is 1.90 bits per heavy atom. The second-order valence-electron chi connectivity index (χ2n) is 8.09. The molecule has 4 rings (SSSR count). The van der Waals surface area contributed by atoms with Gasteiger partial charge in [-0.2, -0.15) is 4.31 Å². The van der Waals surface area contributed by atoms with Crippen molar-refractivity contribution in [2.75, 3.05) is 13.1 Å². The van der Waals surface area contributed by atoms with E-state index in [0.717, 1.165) is 11.1 Å². The molecule has 0 N–H and O–H groups in total. The predicted octanol–water partition coefficient (Wildman–Crippen LogP) is 3.54. The van der Waals surface area contributed by atoms with Crippen LogP contribution in [0.1, 0.15) is 33.8 Å². The van der Waals surface area contributed by atoms with Crippen molar-refractivity contribution in [1.82, 2.24) is 13.9 Å². The average molecular weight is 442 g/mol. The van der Waals surface area contributed by atoms with Crippen molar-refractivity contribution in [3.8, 4) is 0 Å². The van der Waals surface area contributed by atoms with E-state index in [-0.39, 0.29) is 34.6 Å². The SMILES string of the molecule is Cc1ccc(C(=O)CC(c2ccccc2)C2CN(S(=O)(=O)c3cn(C)cn3)C2)c(F)c1. The highest BCUT2D eigenvalue weighted by atomic mass is 32.2. The summed E-state index contributed by atoms with van der Waals surface area (Å²) in [5.41, 5.74) is 1.77. The standard InChI is InChI=1S/C23H24FN3O3S/c1-16-8-9-19(21(24)10-16)22(28)11-20(17-6-4-3-5-7-17)18-12-27(13-18)31(29,30)23-14-26(2)15-25-23/h3-10,14-15,18,20H,11-13H2,1-2H3. The van der Waals surface area contributed by atoms with Crippen LogP contribution in [0, 0.1) is 18.7 Å². The summed E-state index contributed by atoms with van der Waals surface area (Å²) in [5.74, 6) is -1.05. The molecule has 1 saturated heterocycles. The normalized spacial score (nSPS) is 16.1. The molecule has 1 fully saturated rings. The third-order valence-corrected chi connectivity index (χ3v) is 7.51. The average Bonchev–Trinajstić information content (AvgIpc) is 3.14. The largest absolute Gasteiger partial charge is 0.339 e. The van der Waals surface area contributed by atoms with Crippen LogP contribution >= 0.6 is 0 Å². The first-order valence-electron chi connectivity index (χ1n) is 10.1. The van der Waals surface area contributed by atoms with Crippen molar-refractivity contribution < 1.29 is 17.6 Å². The number of rotatable bonds is 7. The van der Waals surface area contributed by atoms with Crippen LogP contribution in [0.5, 0.6) is 0 Å². The second-order valence-corrected chi connectivity index (χ2v) is 9.97. The van der Waals surface area contributed by atoms with Gasteiger partial charge in [0.1, 0.15) is 5.82 Å². The number of hydrogen-bond donors (Lipinski definition) is 0. The summed E-state index contributed by atoms with van der Waals surface area (Å²) in [4.78, 5) is 16.9. The van der Waals surface area contributed by atoms with Crippen LogP contribution in [-0.2, 0) is 17.1 Å². The fourth-order valence-electron chi connectivity index (χ4n) is 3.99. The topological polar surface area (TPSA) is 72.3 Å². The van der Waals surface area contributed by atoms with Crippen molar-refractivity contribution >= 4 is 15.8 Å². The van der Waals surface area contributed by atoms with Crippen molar-refractivity contribution in [3.05, 3.63) is 83.6 Å². The quantitative estimate of drug-likeness (QED) is 0.526. The fourth-order valence-corrected chi connectivity index (χ4v) is 5.51. The summed E-state index contributed by atoms with van der Waals surface area (Å²) in [5, 5.41) is 0.0162. The van der Waals surface area contributed by atoms with Gasteiger partial charge in [-0.15, -0.1) is 0 Å². The molecule has 1 atom stereocenters. The number of aryl methyl sites for hydroxylation is 2. The van der Waals surface area contributed by atoms with E-state index in [1.165, 1.54) is 29.0 Å². The van der Waals surface area contributed by atoms with E-state index in [1.807, 2.05) is 30.3 Å². The molecule has 0 spiro atoms. The van der Waals surface area contributed by atoms with Gasteiger partial charge >= 0.3 is 0 Å². The van der Waals surface area contributed by atoms with E-state index in [9.17, 15) is 17.6 Å². The molecule has 0 bridgehead atoms. The van der Waals surface area contributed by atoms with E-state index in [2.05, 4.69) is 4.98 Å². The van der Waals surface area contributed by atoms with Gasteiger partial charge in [0, 0.05) is 32.8 Å². The number of halogens is 1. The number of hydrogen-bond acceptors (Lipinski definition) is 4. The zero-order chi connectivity index (χ0) is 22.2. The Kier molecular flexibility index (Phi) is 5.77. The maximum Gasteiger partial charge on any atom is 0.262 e. The summed E-state index contributed by atoms with van der Waals surface area (Å²) in [6.07, 6.45) is 3.04. The Bertz CT molecular complexity index is 1200. The fraction of sp³-hybridized carbons (Fsp3) is 0.304. The summed E-state index contributed by atoms with van der Waals surface area (Å²) < 4.78 is 42.9. The number of carbonyl (C=O) groups is 1. The molecule has 1 aromatic heterocycles. The molecule has 8 heteroatoms.